The number of benzene rings is 2. The molecule has 0 aliphatic heterocycles. The van der Waals surface area contributed by atoms with Crippen LogP contribution in [0, 0.1) is 5.82 Å². The van der Waals surface area contributed by atoms with Crippen LogP contribution < -0.4 is 10.5 Å². The van der Waals surface area contributed by atoms with Crippen molar-refractivity contribution in [2.24, 2.45) is 0 Å². The molecule has 0 amide bonds. The van der Waals surface area contributed by atoms with E-state index < -0.39 is 33.9 Å². The summed E-state index contributed by atoms with van der Waals surface area (Å²) in [5, 5.41) is 0. The van der Waals surface area contributed by atoms with E-state index in [4.69, 9.17) is 9.15 Å². The van der Waals surface area contributed by atoms with Gasteiger partial charge in [-0.05, 0) is 37.3 Å². The fraction of sp³-hybridized carbons (Fsp3) is 0.333. The van der Waals surface area contributed by atoms with Crippen molar-refractivity contribution in [3.05, 3.63) is 58.3 Å². The summed E-state index contributed by atoms with van der Waals surface area (Å²) in [5.74, 6) is -1.77. The van der Waals surface area contributed by atoms with Gasteiger partial charge in [-0.3, -0.25) is 9.36 Å². The van der Waals surface area contributed by atoms with E-state index in [1.54, 1.807) is 20.8 Å². The van der Waals surface area contributed by atoms with Crippen LogP contribution in [0.1, 0.15) is 31.1 Å². The van der Waals surface area contributed by atoms with Gasteiger partial charge in [0.05, 0.1) is 29.1 Å². The lowest BCUT2D eigenvalue weighted by Gasteiger charge is -2.18. The number of carbonyl (C=O) groups excluding carboxylic acids is 1. The summed E-state index contributed by atoms with van der Waals surface area (Å²) < 4.78 is 52.0. The van der Waals surface area contributed by atoms with E-state index in [1.165, 1.54) is 34.6 Å². The van der Waals surface area contributed by atoms with Crippen LogP contribution in [-0.4, -0.2) is 42.8 Å². The monoisotopic (exact) mass is 450 g/mol. The molecule has 3 rings (SSSR count). The topological polar surface area (TPSA) is 98.8 Å². The highest BCUT2D eigenvalue weighted by molar-refractivity contribution is 7.89. The van der Waals surface area contributed by atoms with Crippen LogP contribution in [0.3, 0.4) is 0 Å². The average Bonchev–Trinajstić information content (AvgIpc) is 3.04. The number of Topliss-reactive ketones (excluding diaryl/α,β-unsaturated/α-hetero) is 1. The van der Waals surface area contributed by atoms with Gasteiger partial charge < -0.3 is 9.15 Å². The van der Waals surface area contributed by atoms with Gasteiger partial charge in [-0.1, -0.05) is 13.8 Å². The Morgan fingerprint density at radius 2 is 1.84 bits per heavy atom. The van der Waals surface area contributed by atoms with Crippen molar-refractivity contribution in [1.29, 1.82) is 0 Å². The zero-order chi connectivity index (χ0) is 22.8. The number of ketones is 1. The van der Waals surface area contributed by atoms with E-state index >= 15 is 0 Å². The average molecular weight is 450 g/mol. The lowest BCUT2D eigenvalue weighted by Crippen LogP contribution is -2.30. The molecule has 0 saturated carbocycles. The Kier molecular flexibility index (Phi) is 6.61. The van der Waals surface area contributed by atoms with Crippen LogP contribution in [0.5, 0.6) is 5.75 Å². The van der Waals surface area contributed by atoms with Gasteiger partial charge in [-0.15, -0.1) is 0 Å². The summed E-state index contributed by atoms with van der Waals surface area (Å²) in [6.45, 7) is 5.64. The third-order valence-electron chi connectivity index (χ3n) is 4.83. The van der Waals surface area contributed by atoms with E-state index in [0.717, 1.165) is 10.6 Å². The molecule has 0 spiro atoms. The molecule has 10 heteroatoms. The Balaban J connectivity index is 2.00. The van der Waals surface area contributed by atoms with Gasteiger partial charge >= 0.3 is 5.76 Å². The molecular weight excluding hydrogens is 427 g/mol. The first-order valence-corrected chi connectivity index (χ1v) is 11.3. The first kappa shape index (κ1) is 22.7. The predicted octanol–water partition coefficient (Wildman–Crippen LogP) is 3.05. The number of fused-ring (bicyclic) bond motifs is 1. The number of nitrogens with zero attached hydrogens (tertiary/aromatic N) is 2. The smallest absolute Gasteiger partial charge is 0.420 e. The van der Waals surface area contributed by atoms with Gasteiger partial charge in [0, 0.05) is 19.2 Å². The Labute approximate surface area is 178 Å². The summed E-state index contributed by atoms with van der Waals surface area (Å²) in [5.41, 5.74) is 0.297. The maximum Gasteiger partial charge on any atom is 0.420 e. The Hall–Kier alpha value is -2.98. The fourth-order valence-corrected chi connectivity index (χ4v) is 4.77. The van der Waals surface area contributed by atoms with Crippen molar-refractivity contribution in [3.8, 4) is 5.75 Å². The summed E-state index contributed by atoms with van der Waals surface area (Å²) in [7, 11) is -3.74. The van der Waals surface area contributed by atoms with Gasteiger partial charge in [0.1, 0.15) is 11.6 Å². The minimum atomic E-state index is -3.74. The van der Waals surface area contributed by atoms with Crippen molar-refractivity contribution in [2.75, 3.05) is 19.7 Å². The zero-order valence-corrected chi connectivity index (χ0v) is 18.2. The molecule has 8 nitrogen and oxygen atoms in total. The maximum atomic E-state index is 13.7. The summed E-state index contributed by atoms with van der Waals surface area (Å²) in [6.07, 6.45) is 0. The number of aromatic nitrogens is 1. The van der Waals surface area contributed by atoms with Crippen molar-refractivity contribution in [1.82, 2.24) is 8.87 Å². The highest BCUT2D eigenvalue weighted by atomic mass is 32.2. The normalized spacial score (nSPS) is 11.9. The SMILES string of the molecule is CCOc1ccc(F)cc1C(=O)Cn1c(=O)oc2cc(S(=O)(=O)N(CC)CC)ccc21. The molecule has 3 aromatic rings. The second-order valence-electron chi connectivity index (χ2n) is 6.67. The predicted molar refractivity (Wildman–Crippen MR) is 112 cm³/mol. The first-order valence-electron chi connectivity index (χ1n) is 9.82. The molecule has 1 heterocycles. The van der Waals surface area contributed by atoms with Crippen LogP contribution in [0.4, 0.5) is 4.39 Å². The number of rotatable bonds is 9. The van der Waals surface area contributed by atoms with Crippen LogP contribution in [0.2, 0.25) is 0 Å². The second kappa shape index (κ2) is 9.03. The molecule has 0 unspecified atom stereocenters. The quantitative estimate of drug-likeness (QED) is 0.465. The van der Waals surface area contributed by atoms with Gasteiger partial charge in [0.2, 0.25) is 10.0 Å². The molecule has 0 N–H and O–H groups in total. The standard InChI is InChI=1S/C21H23FN2O6S/c1-4-23(5-2)31(27,28)15-8-9-17-20(12-15)30-21(26)24(17)13-18(25)16-11-14(22)7-10-19(16)29-6-3/h7-12H,4-6,13H2,1-3H3. The van der Waals surface area contributed by atoms with Gasteiger partial charge in [0.15, 0.2) is 11.4 Å². The Bertz CT molecular complexity index is 1270. The molecule has 2 aromatic carbocycles. The van der Waals surface area contributed by atoms with Crippen LogP contribution in [-0.2, 0) is 16.6 Å². The zero-order valence-electron chi connectivity index (χ0n) is 17.4. The Morgan fingerprint density at radius 3 is 2.48 bits per heavy atom. The van der Waals surface area contributed by atoms with Crippen molar-refractivity contribution < 1.29 is 26.8 Å². The molecule has 166 valence electrons. The molecule has 0 saturated heterocycles. The minimum Gasteiger partial charge on any atom is -0.493 e. The third kappa shape index (κ3) is 4.40. The van der Waals surface area contributed by atoms with Crippen molar-refractivity contribution in [2.45, 2.75) is 32.2 Å². The highest BCUT2D eigenvalue weighted by Gasteiger charge is 2.24. The molecule has 0 fully saturated rings. The van der Waals surface area contributed by atoms with Crippen LogP contribution in [0.15, 0.2) is 50.5 Å². The number of hydrogen-bond donors (Lipinski definition) is 0. The number of oxazole rings is 1. The van der Waals surface area contributed by atoms with Crippen LogP contribution >= 0.6 is 0 Å². The summed E-state index contributed by atoms with van der Waals surface area (Å²) in [6, 6.07) is 7.62. The number of ether oxygens (including phenoxy) is 1. The number of halogens is 1. The van der Waals surface area contributed by atoms with E-state index in [1.807, 2.05) is 0 Å². The van der Waals surface area contributed by atoms with Gasteiger partial charge in [-0.25, -0.2) is 17.6 Å². The van der Waals surface area contributed by atoms with Crippen molar-refractivity contribution >= 4 is 26.9 Å². The molecular formula is C21H23FN2O6S. The minimum absolute atomic E-state index is 0.00355. The van der Waals surface area contributed by atoms with E-state index in [9.17, 15) is 22.4 Å². The molecule has 31 heavy (non-hydrogen) atoms. The Morgan fingerprint density at radius 1 is 1.13 bits per heavy atom. The van der Waals surface area contributed by atoms with E-state index in [0.29, 0.717) is 13.1 Å². The molecule has 0 bridgehead atoms. The molecule has 1 aromatic heterocycles. The van der Waals surface area contributed by atoms with E-state index in [2.05, 4.69) is 0 Å². The second-order valence-corrected chi connectivity index (χ2v) is 8.61. The largest absolute Gasteiger partial charge is 0.493 e. The first-order chi connectivity index (χ1) is 14.7. The van der Waals surface area contributed by atoms with E-state index in [-0.39, 0.29) is 33.9 Å². The van der Waals surface area contributed by atoms with Crippen LogP contribution in [0.25, 0.3) is 11.1 Å². The lowest BCUT2D eigenvalue weighted by molar-refractivity contribution is 0.0966. The summed E-state index contributed by atoms with van der Waals surface area (Å²) >= 11 is 0. The number of carbonyl (C=O) groups is 1. The molecule has 0 aliphatic carbocycles. The van der Waals surface area contributed by atoms with Gasteiger partial charge in [-0.2, -0.15) is 4.31 Å². The third-order valence-corrected chi connectivity index (χ3v) is 6.87. The van der Waals surface area contributed by atoms with Gasteiger partial charge in [0.25, 0.3) is 0 Å². The molecule has 0 radical (unpaired) electrons. The molecule has 0 atom stereocenters. The number of hydrogen-bond acceptors (Lipinski definition) is 6. The fourth-order valence-electron chi connectivity index (χ4n) is 3.30. The molecule has 0 aliphatic rings. The maximum absolute atomic E-state index is 13.7. The van der Waals surface area contributed by atoms with Crippen molar-refractivity contribution in [3.63, 3.8) is 0 Å². The lowest BCUT2D eigenvalue weighted by atomic mass is 10.1. The summed E-state index contributed by atoms with van der Waals surface area (Å²) in [4.78, 5) is 25.2. The highest BCUT2D eigenvalue weighted by Crippen LogP contribution is 2.24. The number of sulfonamides is 1.